The Labute approximate surface area is 129 Å². The molecule has 1 aromatic heterocycles. The molecular weight excluding hydrogens is 343 g/mol. The summed E-state index contributed by atoms with van der Waals surface area (Å²) in [5.74, 6) is -1.00. The Bertz CT molecular complexity index is 639. The van der Waals surface area contributed by atoms with Crippen LogP contribution in [-0.2, 0) is 4.79 Å². The Balaban J connectivity index is 2.47. The maximum atomic E-state index is 13.5. The van der Waals surface area contributed by atoms with Gasteiger partial charge in [0.1, 0.15) is 5.82 Å². The van der Waals surface area contributed by atoms with Crippen molar-refractivity contribution in [3.05, 3.63) is 28.5 Å². The molecule has 0 bridgehead atoms. The highest BCUT2D eigenvalue weighted by molar-refractivity contribution is 9.10. The normalized spacial score (nSPS) is 12.6. The Hall–Kier alpha value is -1.83. The molecule has 21 heavy (non-hydrogen) atoms. The molecule has 1 N–H and O–H groups in total. The van der Waals surface area contributed by atoms with Crippen molar-refractivity contribution in [3.8, 4) is 11.4 Å². The van der Waals surface area contributed by atoms with Crippen molar-refractivity contribution >= 4 is 21.9 Å². The third-order valence-corrected chi connectivity index (χ3v) is 3.54. The van der Waals surface area contributed by atoms with E-state index in [-0.39, 0.29) is 12.3 Å². The first-order valence-electron chi connectivity index (χ1n) is 6.34. The fraction of sp³-hybridized carbons (Fsp3) is 0.385. The highest BCUT2D eigenvalue weighted by Crippen LogP contribution is 2.28. The van der Waals surface area contributed by atoms with E-state index in [1.165, 1.54) is 16.8 Å². The van der Waals surface area contributed by atoms with Crippen LogP contribution in [0.15, 0.2) is 22.7 Å². The minimum atomic E-state index is -0.935. The van der Waals surface area contributed by atoms with Crippen LogP contribution in [0.5, 0.6) is 0 Å². The van der Waals surface area contributed by atoms with Gasteiger partial charge in [0.05, 0.1) is 12.5 Å². The van der Waals surface area contributed by atoms with E-state index < -0.39 is 17.8 Å². The summed E-state index contributed by atoms with van der Waals surface area (Å²) in [5, 5.41) is 20.4. The molecule has 0 spiro atoms. The van der Waals surface area contributed by atoms with Crippen LogP contribution in [0, 0.1) is 11.7 Å². The molecule has 0 aliphatic heterocycles. The maximum Gasteiger partial charge on any atom is 0.305 e. The number of aliphatic carboxylic acids is 1. The van der Waals surface area contributed by atoms with Crippen LogP contribution < -0.4 is 0 Å². The summed E-state index contributed by atoms with van der Waals surface area (Å²) in [7, 11) is 0. The van der Waals surface area contributed by atoms with Crippen molar-refractivity contribution in [1.82, 2.24) is 20.2 Å². The van der Waals surface area contributed by atoms with Crippen LogP contribution in [0.2, 0.25) is 0 Å². The number of carboxylic acid groups (broad SMARTS) is 1. The quantitative estimate of drug-likeness (QED) is 0.890. The Kier molecular flexibility index (Phi) is 4.66. The van der Waals surface area contributed by atoms with E-state index in [1.807, 2.05) is 13.8 Å². The van der Waals surface area contributed by atoms with Crippen LogP contribution in [-0.4, -0.2) is 31.3 Å². The van der Waals surface area contributed by atoms with Gasteiger partial charge in [-0.3, -0.25) is 4.79 Å². The van der Waals surface area contributed by atoms with E-state index in [1.54, 1.807) is 6.07 Å². The van der Waals surface area contributed by atoms with Gasteiger partial charge in [-0.25, -0.2) is 9.07 Å². The van der Waals surface area contributed by atoms with Crippen LogP contribution in [0.3, 0.4) is 0 Å². The second-order valence-electron chi connectivity index (χ2n) is 5.01. The average Bonchev–Trinajstić information content (AvgIpc) is 2.82. The molecule has 0 saturated carbocycles. The molecule has 8 heteroatoms. The van der Waals surface area contributed by atoms with Gasteiger partial charge < -0.3 is 5.11 Å². The van der Waals surface area contributed by atoms with Crippen molar-refractivity contribution in [2.24, 2.45) is 5.92 Å². The zero-order valence-corrected chi connectivity index (χ0v) is 13.1. The van der Waals surface area contributed by atoms with Crippen molar-refractivity contribution in [2.45, 2.75) is 26.3 Å². The van der Waals surface area contributed by atoms with Gasteiger partial charge in [0.2, 0.25) is 0 Å². The predicted octanol–water partition coefficient (Wildman–Crippen LogP) is 2.91. The third kappa shape index (κ3) is 3.63. The second kappa shape index (κ2) is 6.30. The van der Waals surface area contributed by atoms with Crippen molar-refractivity contribution in [1.29, 1.82) is 0 Å². The van der Waals surface area contributed by atoms with E-state index in [9.17, 15) is 9.18 Å². The summed E-state index contributed by atoms with van der Waals surface area (Å²) < 4.78 is 15.5. The summed E-state index contributed by atoms with van der Waals surface area (Å²) in [6, 6.07) is 3.91. The lowest BCUT2D eigenvalue weighted by Crippen LogP contribution is -2.21. The summed E-state index contributed by atoms with van der Waals surface area (Å²) in [5.41, 5.74) is 0.489. The lowest BCUT2D eigenvalue weighted by molar-refractivity contribution is -0.138. The molecule has 6 nitrogen and oxygen atoms in total. The van der Waals surface area contributed by atoms with Crippen LogP contribution in [0.4, 0.5) is 4.39 Å². The highest BCUT2D eigenvalue weighted by atomic mass is 79.9. The molecule has 1 atom stereocenters. The van der Waals surface area contributed by atoms with Gasteiger partial charge in [-0.1, -0.05) is 29.8 Å². The second-order valence-corrected chi connectivity index (χ2v) is 5.93. The lowest BCUT2D eigenvalue weighted by atomic mass is 10.0. The van der Waals surface area contributed by atoms with E-state index in [0.29, 0.717) is 15.9 Å². The van der Waals surface area contributed by atoms with Crippen molar-refractivity contribution in [3.63, 3.8) is 0 Å². The number of rotatable bonds is 5. The number of nitrogens with zero attached hydrogens (tertiary/aromatic N) is 4. The number of carboxylic acids is 1. The number of halogens is 2. The van der Waals surface area contributed by atoms with E-state index in [4.69, 9.17) is 5.11 Å². The highest BCUT2D eigenvalue weighted by Gasteiger charge is 2.24. The van der Waals surface area contributed by atoms with Gasteiger partial charge in [0.25, 0.3) is 0 Å². The molecule has 0 saturated heterocycles. The molecule has 1 unspecified atom stereocenters. The lowest BCUT2D eigenvalue weighted by Gasteiger charge is -2.20. The number of aromatic nitrogens is 4. The van der Waals surface area contributed by atoms with Gasteiger partial charge in [-0.15, -0.1) is 5.10 Å². The maximum absolute atomic E-state index is 13.5. The zero-order chi connectivity index (χ0) is 15.6. The van der Waals surface area contributed by atoms with E-state index in [0.717, 1.165) is 0 Å². The predicted molar refractivity (Wildman–Crippen MR) is 77.0 cm³/mol. The van der Waals surface area contributed by atoms with Crippen LogP contribution in [0.25, 0.3) is 11.4 Å². The summed E-state index contributed by atoms with van der Waals surface area (Å²) in [4.78, 5) is 11.0. The fourth-order valence-electron chi connectivity index (χ4n) is 2.07. The number of benzene rings is 1. The smallest absolute Gasteiger partial charge is 0.305 e. The first kappa shape index (κ1) is 15.6. The number of tetrazole rings is 1. The molecule has 2 aromatic rings. The number of hydrogen-bond acceptors (Lipinski definition) is 4. The first-order chi connectivity index (χ1) is 9.88. The minimum absolute atomic E-state index is 0.0142. The summed E-state index contributed by atoms with van der Waals surface area (Å²) >= 11 is 3.22. The number of hydrogen-bond donors (Lipinski definition) is 1. The van der Waals surface area contributed by atoms with Crippen LogP contribution >= 0.6 is 15.9 Å². The minimum Gasteiger partial charge on any atom is -0.481 e. The standard InChI is InChI=1S/C13H14BrFN4O2/c1-7(2)11(6-12(20)21)19-13(16-17-18-19)8-3-9(14)5-10(15)4-8/h3-5,7,11H,6H2,1-2H3,(H,20,21). The van der Waals surface area contributed by atoms with Gasteiger partial charge in [0.15, 0.2) is 5.82 Å². The summed E-state index contributed by atoms with van der Waals surface area (Å²) in [6.07, 6.45) is -0.105. The molecule has 0 fully saturated rings. The monoisotopic (exact) mass is 356 g/mol. The molecule has 0 amide bonds. The van der Waals surface area contributed by atoms with Gasteiger partial charge in [-0.2, -0.15) is 0 Å². The molecule has 1 aromatic carbocycles. The molecule has 112 valence electrons. The number of carbonyl (C=O) groups is 1. The molecule has 0 aliphatic rings. The Morgan fingerprint density at radius 2 is 2.14 bits per heavy atom. The van der Waals surface area contributed by atoms with Crippen molar-refractivity contribution < 1.29 is 14.3 Å². The van der Waals surface area contributed by atoms with Gasteiger partial charge >= 0.3 is 5.97 Å². The van der Waals surface area contributed by atoms with Gasteiger partial charge in [0, 0.05) is 10.0 Å². The topological polar surface area (TPSA) is 80.9 Å². The molecule has 0 aliphatic carbocycles. The van der Waals surface area contributed by atoms with E-state index in [2.05, 4.69) is 31.5 Å². The Morgan fingerprint density at radius 1 is 1.43 bits per heavy atom. The molecule has 0 radical (unpaired) electrons. The SMILES string of the molecule is CC(C)C(CC(=O)O)n1nnnc1-c1cc(F)cc(Br)c1. The van der Waals surface area contributed by atoms with Crippen molar-refractivity contribution in [2.75, 3.05) is 0 Å². The molecule has 2 rings (SSSR count). The fourth-order valence-corrected chi connectivity index (χ4v) is 2.54. The summed E-state index contributed by atoms with van der Waals surface area (Å²) in [6.45, 7) is 3.78. The molecular formula is C13H14BrFN4O2. The van der Waals surface area contributed by atoms with Gasteiger partial charge in [-0.05, 0) is 34.5 Å². The van der Waals surface area contributed by atoms with E-state index >= 15 is 0 Å². The third-order valence-electron chi connectivity index (χ3n) is 3.08. The molecule has 1 heterocycles. The largest absolute Gasteiger partial charge is 0.481 e. The average molecular weight is 357 g/mol. The Morgan fingerprint density at radius 3 is 2.71 bits per heavy atom. The first-order valence-corrected chi connectivity index (χ1v) is 7.14. The zero-order valence-electron chi connectivity index (χ0n) is 11.5. The van der Waals surface area contributed by atoms with Crippen LogP contribution in [0.1, 0.15) is 26.3 Å².